The van der Waals surface area contributed by atoms with Crippen molar-refractivity contribution in [1.29, 1.82) is 0 Å². The quantitative estimate of drug-likeness (QED) is 0.549. The Kier molecular flexibility index (Phi) is 7.22. The average molecular weight is 469 g/mol. The van der Waals surface area contributed by atoms with E-state index in [-0.39, 0.29) is 35.1 Å². The molecule has 1 atom stereocenters. The third-order valence-corrected chi connectivity index (χ3v) is 6.67. The van der Waals surface area contributed by atoms with Gasteiger partial charge in [-0.15, -0.1) is 0 Å². The van der Waals surface area contributed by atoms with Gasteiger partial charge in [-0.2, -0.15) is 0 Å². The summed E-state index contributed by atoms with van der Waals surface area (Å²) >= 11 is 1.41. The number of ketones is 1. The molecule has 2 aromatic carbocycles. The largest absolute Gasteiger partial charge is 0.454 e. The number of allylic oxidation sites excluding steroid dienone is 1. The van der Waals surface area contributed by atoms with Crippen molar-refractivity contribution >= 4 is 33.4 Å². The van der Waals surface area contributed by atoms with Gasteiger partial charge >= 0.3 is 0 Å². The molecule has 0 bridgehead atoms. The number of Topliss-reactive ketones (excluding diaryl/α,β-unsaturated/α-hetero) is 1. The maximum atomic E-state index is 14.0. The molecule has 0 aromatic heterocycles. The lowest BCUT2D eigenvalue weighted by Gasteiger charge is -2.32. The molecule has 0 radical (unpaired) electrons. The molecule has 1 N–H and O–H groups in total. The van der Waals surface area contributed by atoms with Crippen molar-refractivity contribution in [2.45, 2.75) is 26.3 Å². The van der Waals surface area contributed by atoms with Gasteiger partial charge in [0, 0.05) is 30.0 Å². The van der Waals surface area contributed by atoms with Crippen molar-refractivity contribution in [2.75, 3.05) is 16.2 Å². The van der Waals surface area contributed by atoms with Crippen LogP contribution in [0.3, 0.4) is 0 Å². The fourth-order valence-electron chi connectivity index (χ4n) is 3.04. The van der Waals surface area contributed by atoms with Crippen LogP contribution in [0.4, 0.5) is 14.5 Å². The summed E-state index contributed by atoms with van der Waals surface area (Å²) in [4.78, 5) is 12.8. The minimum Gasteiger partial charge on any atom is -0.454 e. The Morgan fingerprint density at radius 3 is 2.65 bits per heavy atom. The summed E-state index contributed by atoms with van der Waals surface area (Å²) < 4.78 is 61.4. The number of anilines is 1. The van der Waals surface area contributed by atoms with Gasteiger partial charge < -0.3 is 9.04 Å². The minimum atomic E-state index is -3.61. The van der Waals surface area contributed by atoms with E-state index in [0.29, 0.717) is 17.4 Å². The molecule has 0 spiro atoms. The summed E-state index contributed by atoms with van der Waals surface area (Å²) in [6.45, 7) is 3.44. The van der Waals surface area contributed by atoms with Gasteiger partial charge in [-0.3, -0.25) is 9.52 Å². The van der Waals surface area contributed by atoms with Gasteiger partial charge in [0.1, 0.15) is 17.6 Å². The van der Waals surface area contributed by atoms with E-state index in [1.54, 1.807) is 16.6 Å². The Morgan fingerprint density at radius 1 is 1.19 bits per heavy atom. The topological polar surface area (TPSA) is 75.7 Å². The van der Waals surface area contributed by atoms with Crippen molar-refractivity contribution in [2.24, 2.45) is 0 Å². The number of rotatable bonds is 8. The first-order valence-corrected chi connectivity index (χ1v) is 12.2. The van der Waals surface area contributed by atoms with E-state index in [1.165, 1.54) is 37.1 Å². The van der Waals surface area contributed by atoms with E-state index in [4.69, 9.17) is 4.74 Å². The first kappa shape index (κ1) is 23.1. The third kappa shape index (κ3) is 5.56. The summed E-state index contributed by atoms with van der Waals surface area (Å²) in [5.41, 5.74) is 0.622. The van der Waals surface area contributed by atoms with E-state index in [2.05, 4.69) is 4.72 Å². The molecule has 3 rings (SSSR count). The molecule has 0 fully saturated rings. The summed E-state index contributed by atoms with van der Waals surface area (Å²) in [7, 11) is -3.61. The number of sulfonamides is 1. The van der Waals surface area contributed by atoms with Crippen molar-refractivity contribution < 1.29 is 26.7 Å². The third-order valence-electron chi connectivity index (χ3n) is 4.49. The molecule has 31 heavy (non-hydrogen) atoms. The number of halogens is 2. The van der Waals surface area contributed by atoms with Gasteiger partial charge in [-0.1, -0.05) is 13.0 Å². The first-order chi connectivity index (χ1) is 14.7. The zero-order chi connectivity index (χ0) is 22.6. The number of hydrogen-bond donors (Lipinski definition) is 1. The number of carbonyl (C=O) groups excluding carboxylic acids is 1. The number of ether oxygens (including phenoxy) is 1. The molecule has 1 unspecified atom stereocenters. The summed E-state index contributed by atoms with van der Waals surface area (Å²) in [5.74, 6) is -1.18. The highest BCUT2D eigenvalue weighted by Gasteiger charge is 2.31. The number of benzene rings is 2. The van der Waals surface area contributed by atoms with Crippen LogP contribution in [0.2, 0.25) is 0 Å². The van der Waals surface area contributed by atoms with Gasteiger partial charge in [0.15, 0.2) is 17.3 Å². The molecule has 0 aliphatic carbocycles. The van der Waals surface area contributed by atoms with Gasteiger partial charge in [-0.25, -0.2) is 17.2 Å². The molecular weight excluding hydrogens is 446 g/mol. The summed E-state index contributed by atoms with van der Waals surface area (Å²) in [5, 5.41) is 0. The molecule has 6 nitrogen and oxygen atoms in total. The van der Waals surface area contributed by atoms with Crippen molar-refractivity contribution in [1.82, 2.24) is 4.31 Å². The molecule has 166 valence electrons. The highest BCUT2D eigenvalue weighted by Crippen LogP contribution is 2.39. The predicted molar refractivity (Wildman–Crippen MR) is 117 cm³/mol. The second kappa shape index (κ2) is 9.69. The minimum absolute atomic E-state index is 0.120. The lowest BCUT2D eigenvalue weighted by atomic mass is 9.97. The summed E-state index contributed by atoms with van der Waals surface area (Å²) in [6, 6.07) is 6.60. The van der Waals surface area contributed by atoms with E-state index in [9.17, 15) is 22.0 Å². The van der Waals surface area contributed by atoms with Crippen LogP contribution in [0.15, 0.2) is 48.7 Å². The van der Waals surface area contributed by atoms with Crippen LogP contribution in [0.25, 0.3) is 0 Å². The Morgan fingerprint density at radius 2 is 1.97 bits per heavy atom. The molecule has 1 aliphatic rings. The highest BCUT2D eigenvalue weighted by atomic mass is 32.2. The fraction of sp³-hybridized carbons (Fsp3) is 0.286. The van der Waals surface area contributed by atoms with Gasteiger partial charge in [0.25, 0.3) is 0 Å². The number of hydrogen-bond acceptors (Lipinski definition) is 6. The molecule has 2 aromatic rings. The summed E-state index contributed by atoms with van der Waals surface area (Å²) in [6.07, 6.45) is 3.72. The standard InChI is InChI=1S/C21H22F2N2O4S2/c1-3-30-25-11-5-6-19(26)21(25)16-13-15(8-9-18(16)24-31(27,28)4-2)29-20-10-7-14(22)12-17(20)23/h5,7-13,21,24H,3-4,6H2,1-2H3. The predicted octanol–water partition coefficient (Wildman–Crippen LogP) is 5.02. The Labute approximate surface area is 184 Å². The van der Waals surface area contributed by atoms with Crippen molar-refractivity contribution in [3.63, 3.8) is 0 Å². The number of carbonyl (C=O) groups is 1. The lowest BCUT2D eigenvalue weighted by molar-refractivity contribution is -0.121. The molecule has 0 saturated carbocycles. The van der Waals surface area contributed by atoms with E-state index in [0.717, 1.165) is 12.1 Å². The van der Waals surface area contributed by atoms with Crippen molar-refractivity contribution in [3.8, 4) is 11.5 Å². The second-order valence-electron chi connectivity index (χ2n) is 6.67. The van der Waals surface area contributed by atoms with Crippen LogP contribution < -0.4 is 9.46 Å². The van der Waals surface area contributed by atoms with Gasteiger partial charge in [0.2, 0.25) is 10.0 Å². The van der Waals surface area contributed by atoms with Crippen LogP contribution in [0.5, 0.6) is 11.5 Å². The smallest absolute Gasteiger partial charge is 0.232 e. The Bertz CT molecular complexity index is 1110. The highest BCUT2D eigenvalue weighted by molar-refractivity contribution is 7.97. The van der Waals surface area contributed by atoms with E-state index >= 15 is 0 Å². The normalized spacial score (nSPS) is 16.5. The molecule has 0 saturated heterocycles. The van der Waals surface area contributed by atoms with E-state index in [1.807, 2.05) is 6.92 Å². The Balaban J connectivity index is 2.06. The molecule has 1 aliphatic heterocycles. The average Bonchev–Trinajstić information content (AvgIpc) is 2.72. The fourth-order valence-corrected chi connectivity index (χ4v) is 4.55. The maximum absolute atomic E-state index is 14.0. The van der Waals surface area contributed by atoms with Crippen LogP contribution in [0, 0.1) is 11.6 Å². The van der Waals surface area contributed by atoms with Crippen LogP contribution in [-0.4, -0.2) is 30.0 Å². The SMILES string of the molecule is CCSN1C=CCC(=O)C1c1cc(Oc2ccc(F)cc2F)ccc1NS(=O)(=O)CC. The van der Waals surface area contributed by atoms with Crippen LogP contribution in [-0.2, 0) is 14.8 Å². The number of nitrogens with zero attached hydrogens (tertiary/aromatic N) is 1. The van der Waals surface area contributed by atoms with E-state index < -0.39 is 27.7 Å². The molecular formula is C21H22F2N2O4S2. The van der Waals surface area contributed by atoms with Crippen LogP contribution >= 0.6 is 11.9 Å². The first-order valence-electron chi connectivity index (χ1n) is 9.62. The zero-order valence-corrected chi connectivity index (χ0v) is 18.6. The number of nitrogens with one attached hydrogen (secondary N) is 1. The maximum Gasteiger partial charge on any atom is 0.232 e. The zero-order valence-electron chi connectivity index (χ0n) is 17.0. The molecule has 1 heterocycles. The van der Waals surface area contributed by atoms with Crippen molar-refractivity contribution in [3.05, 3.63) is 65.9 Å². The monoisotopic (exact) mass is 468 g/mol. The van der Waals surface area contributed by atoms with Gasteiger partial charge in [-0.05, 0) is 49.2 Å². The lowest BCUT2D eigenvalue weighted by Crippen LogP contribution is -2.29. The van der Waals surface area contributed by atoms with Gasteiger partial charge in [0.05, 0.1) is 11.4 Å². The Hall–Kier alpha value is -2.59. The van der Waals surface area contributed by atoms with Crippen LogP contribution in [0.1, 0.15) is 31.9 Å². The second-order valence-corrected chi connectivity index (χ2v) is 9.93. The molecule has 10 heteroatoms. The molecule has 0 amide bonds.